The van der Waals surface area contributed by atoms with Crippen LogP contribution in [0, 0.1) is 0 Å². The van der Waals surface area contributed by atoms with Crippen LogP contribution in [-0.4, -0.2) is 55.8 Å². The molecule has 3 N–H and O–H groups in total. The Kier molecular flexibility index (Phi) is 5.99. The van der Waals surface area contributed by atoms with E-state index >= 15 is 0 Å². The number of carbonyl (C=O) groups excluding carboxylic acids is 2. The average Bonchev–Trinajstić information content (AvgIpc) is 2.36. The van der Waals surface area contributed by atoms with Gasteiger partial charge in [-0.3, -0.25) is 14.5 Å². The molecular formula is C14H22N4O2. The van der Waals surface area contributed by atoms with Crippen LogP contribution in [0.15, 0.2) is 24.3 Å². The van der Waals surface area contributed by atoms with Crippen molar-refractivity contribution in [3.63, 3.8) is 0 Å². The summed E-state index contributed by atoms with van der Waals surface area (Å²) in [5.41, 5.74) is 6.93. The number of amides is 2. The van der Waals surface area contributed by atoms with Gasteiger partial charge in [-0.25, -0.2) is 0 Å². The summed E-state index contributed by atoms with van der Waals surface area (Å²) in [7, 11) is 5.24. The largest absolute Gasteiger partial charge is 0.399 e. The van der Waals surface area contributed by atoms with Crippen molar-refractivity contribution >= 4 is 23.2 Å². The van der Waals surface area contributed by atoms with Gasteiger partial charge in [0.2, 0.25) is 11.8 Å². The topological polar surface area (TPSA) is 78.7 Å². The van der Waals surface area contributed by atoms with Gasteiger partial charge in [0.15, 0.2) is 0 Å². The molecule has 0 heterocycles. The van der Waals surface area contributed by atoms with E-state index in [2.05, 4.69) is 5.32 Å². The molecule has 0 aliphatic rings. The molecule has 6 heteroatoms. The molecule has 0 aliphatic heterocycles. The fourth-order valence-corrected chi connectivity index (χ4v) is 1.58. The molecule has 1 aromatic rings. The smallest absolute Gasteiger partial charge is 0.236 e. The van der Waals surface area contributed by atoms with E-state index in [1.165, 1.54) is 4.90 Å². The second-order valence-electron chi connectivity index (χ2n) is 4.95. The van der Waals surface area contributed by atoms with Crippen molar-refractivity contribution in [2.24, 2.45) is 0 Å². The molecule has 0 unspecified atom stereocenters. The minimum atomic E-state index is -0.0975. The first-order valence-corrected chi connectivity index (χ1v) is 6.42. The summed E-state index contributed by atoms with van der Waals surface area (Å²) in [5.74, 6) is -0.0801. The van der Waals surface area contributed by atoms with Crippen molar-refractivity contribution in [2.45, 2.75) is 6.42 Å². The third-order valence-electron chi connectivity index (χ3n) is 2.79. The number of nitrogen functional groups attached to an aromatic ring is 1. The molecule has 0 aliphatic carbocycles. The normalized spacial score (nSPS) is 10.4. The molecule has 0 saturated carbocycles. The van der Waals surface area contributed by atoms with Gasteiger partial charge in [-0.05, 0) is 25.2 Å². The summed E-state index contributed by atoms with van der Waals surface area (Å²) in [6.45, 7) is 0.826. The number of nitrogens with one attached hydrogen (secondary N) is 1. The van der Waals surface area contributed by atoms with Crippen molar-refractivity contribution in [1.82, 2.24) is 9.80 Å². The van der Waals surface area contributed by atoms with Gasteiger partial charge in [-0.2, -0.15) is 0 Å². The van der Waals surface area contributed by atoms with Crippen molar-refractivity contribution < 1.29 is 9.59 Å². The Labute approximate surface area is 119 Å². The highest BCUT2D eigenvalue weighted by Crippen LogP contribution is 2.11. The number of anilines is 2. The minimum Gasteiger partial charge on any atom is -0.399 e. The monoisotopic (exact) mass is 278 g/mol. The Morgan fingerprint density at radius 3 is 2.55 bits per heavy atom. The second kappa shape index (κ2) is 7.49. The van der Waals surface area contributed by atoms with Crippen LogP contribution in [-0.2, 0) is 9.59 Å². The number of rotatable bonds is 6. The first-order valence-electron chi connectivity index (χ1n) is 6.42. The number of benzene rings is 1. The van der Waals surface area contributed by atoms with E-state index in [0.717, 1.165) is 0 Å². The molecule has 1 aromatic carbocycles. The molecule has 110 valence electrons. The fourth-order valence-electron chi connectivity index (χ4n) is 1.58. The summed E-state index contributed by atoms with van der Waals surface area (Å²) in [6.07, 6.45) is 0.325. The maximum Gasteiger partial charge on any atom is 0.236 e. The van der Waals surface area contributed by atoms with Crippen LogP contribution >= 0.6 is 0 Å². The highest BCUT2D eigenvalue weighted by Gasteiger charge is 2.10. The van der Waals surface area contributed by atoms with E-state index in [1.807, 2.05) is 11.9 Å². The zero-order valence-electron chi connectivity index (χ0n) is 12.2. The lowest BCUT2D eigenvalue weighted by Crippen LogP contribution is -2.35. The Morgan fingerprint density at radius 2 is 1.95 bits per heavy atom. The summed E-state index contributed by atoms with van der Waals surface area (Å²) in [5, 5.41) is 2.77. The zero-order chi connectivity index (χ0) is 15.1. The molecule has 6 nitrogen and oxygen atoms in total. The summed E-state index contributed by atoms with van der Waals surface area (Å²) < 4.78 is 0. The first-order chi connectivity index (χ1) is 9.38. The SMILES string of the molecule is CN(CCC(=O)Nc1cccc(N)c1)CC(=O)N(C)C. The maximum atomic E-state index is 11.8. The van der Waals surface area contributed by atoms with Gasteiger partial charge in [0.1, 0.15) is 0 Å². The predicted octanol–water partition coefficient (Wildman–Crippen LogP) is 0.617. The van der Waals surface area contributed by atoms with Crippen molar-refractivity contribution in [3.05, 3.63) is 24.3 Å². The molecule has 0 atom stereocenters. The van der Waals surface area contributed by atoms with E-state index in [0.29, 0.717) is 30.9 Å². The summed E-state index contributed by atoms with van der Waals surface area (Å²) >= 11 is 0. The molecular weight excluding hydrogens is 256 g/mol. The number of carbonyl (C=O) groups is 2. The standard InChI is InChI=1S/C14H22N4O2/c1-17(2)14(20)10-18(3)8-7-13(19)16-12-6-4-5-11(15)9-12/h4-6,9H,7-8,10,15H2,1-3H3,(H,16,19). The lowest BCUT2D eigenvalue weighted by atomic mass is 10.2. The Hall–Kier alpha value is -2.08. The first kappa shape index (κ1) is 16.0. The maximum absolute atomic E-state index is 11.8. The molecule has 0 spiro atoms. The van der Waals surface area contributed by atoms with Crippen LogP contribution in [0.2, 0.25) is 0 Å². The third-order valence-corrected chi connectivity index (χ3v) is 2.79. The van der Waals surface area contributed by atoms with Crippen molar-refractivity contribution in [1.29, 1.82) is 0 Å². The van der Waals surface area contributed by atoms with E-state index in [9.17, 15) is 9.59 Å². The summed E-state index contributed by atoms with van der Waals surface area (Å²) in [6, 6.07) is 7.04. The quantitative estimate of drug-likeness (QED) is 0.748. The van der Waals surface area contributed by atoms with Gasteiger partial charge in [-0.15, -0.1) is 0 Å². The van der Waals surface area contributed by atoms with Crippen LogP contribution in [0.4, 0.5) is 11.4 Å². The zero-order valence-corrected chi connectivity index (χ0v) is 12.2. The van der Waals surface area contributed by atoms with Gasteiger partial charge in [0, 0.05) is 38.4 Å². The van der Waals surface area contributed by atoms with E-state index in [4.69, 9.17) is 5.73 Å². The van der Waals surface area contributed by atoms with Gasteiger partial charge in [0.05, 0.1) is 6.54 Å². The summed E-state index contributed by atoms with van der Waals surface area (Å²) in [4.78, 5) is 26.6. The number of nitrogens with zero attached hydrogens (tertiary/aromatic N) is 2. The van der Waals surface area contributed by atoms with E-state index in [-0.39, 0.29) is 11.8 Å². The highest BCUT2D eigenvalue weighted by molar-refractivity contribution is 5.91. The molecule has 0 aromatic heterocycles. The van der Waals surface area contributed by atoms with E-state index < -0.39 is 0 Å². The lowest BCUT2D eigenvalue weighted by molar-refractivity contribution is -0.130. The number of likely N-dealkylation sites (N-methyl/N-ethyl adjacent to an activating group) is 2. The molecule has 20 heavy (non-hydrogen) atoms. The molecule has 1 rings (SSSR count). The van der Waals surface area contributed by atoms with Crippen LogP contribution in [0.5, 0.6) is 0 Å². The fraction of sp³-hybridized carbons (Fsp3) is 0.429. The molecule has 2 amide bonds. The Bertz CT molecular complexity index is 474. The van der Waals surface area contributed by atoms with Gasteiger partial charge >= 0.3 is 0 Å². The van der Waals surface area contributed by atoms with Crippen LogP contribution in [0.1, 0.15) is 6.42 Å². The Balaban J connectivity index is 2.34. The lowest BCUT2D eigenvalue weighted by Gasteiger charge is -2.18. The van der Waals surface area contributed by atoms with Crippen molar-refractivity contribution in [3.8, 4) is 0 Å². The second-order valence-corrected chi connectivity index (χ2v) is 4.95. The molecule has 0 saturated heterocycles. The van der Waals surface area contributed by atoms with Gasteiger partial charge in [-0.1, -0.05) is 6.07 Å². The van der Waals surface area contributed by atoms with Gasteiger partial charge in [0.25, 0.3) is 0 Å². The van der Waals surface area contributed by atoms with Crippen LogP contribution in [0.3, 0.4) is 0 Å². The van der Waals surface area contributed by atoms with Crippen LogP contribution < -0.4 is 11.1 Å². The predicted molar refractivity (Wildman–Crippen MR) is 80.3 cm³/mol. The Morgan fingerprint density at radius 1 is 1.25 bits per heavy atom. The molecule has 0 radical (unpaired) electrons. The molecule has 0 bridgehead atoms. The third kappa shape index (κ3) is 5.71. The highest BCUT2D eigenvalue weighted by atomic mass is 16.2. The van der Waals surface area contributed by atoms with Crippen LogP contribution in [0.25, 0.3) is 0 Å². The number of nitrogens with two attached hydrogens (primary N) is 1. The molecule has 0 fully saturated rings. The van der Waals surface area contributed by atoms with E-state index in [1.54, 1.807) is 38.4 Å². The number of hydrogen-bond acceptors (Lipinski definition) is 4. The minimum absolute atomic E-state index is 0.0174. The number of hydrogen-bond donors (Lipinski definition) is 2. The van der Waals surface area contributed by atoms with Crippen molar-refractivity contribution in [2.75, 3.05) is 45.3 Å². The average molecular weight is 278 g/mol. The van der Waals surface area contributed by atoms with Gasteiger partial charge < -0.3 is 16.0 Å².